The lowest BCUT2D eigenvalue weighted by atomic mass is 10.0. The van der Waals surface area contributed by atoms with E-state index in [0.717, 1.165) is 12.5 Å². The van der Waals surface area contributed by atoms with Gasteiger partial charge in [-0.25, -0.2) is 0 Å². The van der Waals surface area contributed by atoms with Crippen LogP contribution in [0.25, 0.3) is 0 Å². The first kappa shape index (κ1) is 12.0. The Morgan fingerprint density at radius 2 is 2.14 bits per heavy atom. The molecule has 14 heavy (non-hydrogen) atoms. The highest BCUT2D eigenvalue weighted by atomic mass is 14.9. The van der Waals surface area contributed by atoms with Crippen LogP contribution in [0, 0.1) is 11.3 Å². The van der Waals surface area contributed by atoms with E-state index < -0.39 is 0 Å². The zero-order valence-electron chi connectivity index (χ0n) is 9.81. The Bertz CT molecular complexity index is 152. The molecule has 0 aliphatic heterocycles. The molecule has 1 aliphatic carbocycles. The number of nitrogens with one attached hydrogen (secondary N) is 1. The predicted octanol–water partition coefficient (Wildman–Crippen LogP) is 2.14. The van der Waals surface area contributed by atoms with Crippen LogP contribution in [0.4, 0.5) is 0 Å². The van der Waals surface area contributed by atoms with Gasteiger partial charge < -0.3 is 11.1 Å². The predicted molar refractivity (Wildman–Crippen MR) is 62.3 cm³/mol. The van der Waals surface area contributed by atoms with Crippen LogP contribution >= 0.6 is 0 Å². The first-order chi connectivity index (χ1) is 6.72. The van der Waals surface area contributed by atoms with Gasteiger partial charge in [-0.05, 0) is 56.5 Å². The molecule has 0 aromatic rings. The maximum Gasteiger partial charge on any atom is 0.000782 e. The monoisotopic (exact) mass is 198 g/mol. The van der Waals surface area contributed by atoms with E-state index in [0.29, 0.717) is 5.41 Å². The number of hydrogen-bond acceptors (Lipinski definition) is 2. The molecule has 1 saturated carbocycles. The Hall–Kier alpha value is -0.0800. The molecule has 1 atom stereocenters. The Morgan fingerprint density at radius 1 is 1.43 bits per heavy atom. The average molecular weight is 198 g/mol. The summed E-state index contributed by atoms with van der Waals surface area (Å²) in [6.07, 6.45) is 6.66. The van der Waals surface area contributed by atoms with Crippen LogP contribution in [0.1, 0.15) is 46.0 Å². The maximum absolute atomic E-state index is 5.49. The third-order valence-electron chi connectivity index (χ3n) is 3.60. The average Bonchev–Trinajstić information content (AvgIpc) is 2.96. The van der Waals surface area contributed by atoms with Gasteiger partial charge in [0.2, 0.25) is 0 Å². The fourth-order valence-corrected chi connectivity index (χ4v) is 1.98. The summed E-state index contributed by atoms with van der Waals surface area (Å²) in [5, 5.41) is 3.61. The zero-order chi connectivity index (χ0) is 10.4. The largest absolute Gasteiger partial charge is 0.330 e. The van der Waals surface area contributed by atoms with Gasteiger partial charge in [-0.3, -0.25) is 0 Å². The van der Waals surface area contributed by atoms with E-state index in [9.17, 15) is 0 Å². The number of nitrogens with two attached hydrogens (primary N) is 1. The molecule has 0 saturated heterocycles. The lowest BCUT2D eigenvalue weighted by molar-refractivity contribution is 0.401. The molecule has 0 heterocycles. The minimum Gasteiger partial charge on any atom is -0.330 e. The molecule has 2 heteroatoms. The van der Waals surface area contributed by atoms with Crippen molar-refractivity contribution in [2.45, 2.75) is 46.0 Å². The van der Waals surface area contributed by atoms with Crippen molar-refractivity contribution in [3.63, 3.8) is 0 Å². The van der Waals surface area contributed by atoms with Crippen molar-refractivity contribution in [2.24, 2.45) is 17.1 Å². The minimum atomic E-state index is 0.688. The maximum atomic E-state index is 5.49. The van der Waals surface area contributed by atoms with E-state index in [2.05, 4.69) is 19.2 Å². The highest BCUT2D eigenvalue weighted by molar-refractivity contribution is 4.93. The molecule has 0 aromatic carbocycles. The van der Waals surface area contributed by atoms with Gasteiger partial charge in [0.25, 0.3) is 0 Å². The Labute approximate surface area is 88.6 Å². The molecular formula is C12H26N2. The van der Waals surface area contributed by atoms with Crippen LogP contribution in [0.2, 0.25) is 0 Å². The third-order valence-corrected chi connectivity index (χ3v) is 3.60. The second kappa shape index (κ2) is 5.72. The molecule has 3 N–H and O–H groups in total. The van der Waals surface area contributed by atoms with Crippen LogP contribution in [-0.4, -0.2) is 19.6 Å². The molecule has 1 rings (SSSR count). The van der Waals surface area contributed by atoms with Crippen LogP contribution in [0.5, 0.6) is 0 Å². The molecule has 0 aromatic heterocycles. The molecule has 1 aliphatic rings. The van der Waals surface area contributed by atoms with E-state index in [-0.39, 0.29) is 0 Å². The first-order valence-electron chi connectivity index (χ1n) is 6.13. The molecular weight excluding hydrogens is 172 g/mol. The topological polar surface area (TPSA) is 38.0 Å². The van der Waals surface area contributed by atoms with Crippen LogP contribution in [0.3, 0.4) is 0 Å². The molecule has 0 radical (unpaired) electrons. The van der Waals surface area contributed by atoms with Gasteiger partial charge in [0, 0.05) is 6.54 Å². The van der Waals surface area contributed by atoms with E-state index >= 15 is 0 Å². The third kappa shape index (κ3) is 3.97. The molecule has 0 amide bonds. The highest BCUT2D eigenvalue weighted by Gasteiger charge is 2.39. The van der Waals surface area contributed by atoms with Gasteiger partial charge in [-0.2, -0.15) is 0 Å². The summed E-state index contributed by atoms with van der Waals surface area (Å²) in [6.45, 7) is 7.86. The highest BCUT2D eigenvalue weighted by Crippen LogP contribution is 2.47. The molecule has 1 fully saturated rings. The standard InChI is InChI=1S/C12H26N2/c1-3-12(6-7-12)10-14-9-11(2)5-4-8-13/h11,14H,3-10,13H2,1-2H3. The molecule has 2 nitrogen and oxygen atoms in total. The molecule has 0 spiro atoms. The van der Waals surface area contributed by atoms with Crippen molar-refractivity contribution in [2.75, 3.05) is 19.6 Å². The summed E-state index contributed by atoms with van der Waals surface area (Å²) < 4.78 is 0. The summed E-state index contributed by atoms with van der Waals surface area (Å²) >= 11 is 0. The lowest BCUT2D eigenvalue weighted by Gasteiger charge is -2.16. The zero-order valence-corrected chi connectivity index (χ0v) is 9.81. The Balaban J connectivity index is 1.97. The molecule has 0 bridgehead atoms. The van der Waals surface area contributed by atoms with Crippen molar-refractivity contribution in [1.29, 1.82) is 0 Å². The van der Waals surface area contributed by atoms with Crippen molar-refractivity contribution in [3.05, 3.63) is 0 Å². The van der Waals surface area contributed by atoms with Crippen molar-refractivity contribution in [1.82, 2.24) is 5.32 Å². The van der Waals surface area contributed by atoms with Gasteiger partial charge in [0.05, 0.1) is 0 Å². The fourth-order valence-electron chi connectivity index (χ4n) is 1.98. The van der Waals surface area contributed by atoms with Crippen LogP contribution < -0.4 is 11.1 Å². The fraction of sp³-hybridized carbons (Fsp3) is 1.00. The summed E-state index contributed by atoms with van der Waals surface area (Å²) in [6, 6.07) is 0. The molecule has 1 unspecified atom stereocenters. The second-order valence-electron chi connectivity index (χ2n) is 5.02. The van der Waals surface area contributed by atoms with E-state index in [1.165, 1.54) is 45.2 Å². The molecule has 84 valence electrons. The van der Waals surface area contributed by atoms with E-state index in [1.807, 2.05) is 0 Å². The van der Waals surface area contributed by atoms with Crippen LogP contribution in [-0.2, 0) is 0 Å². The van der Waals surface area contributed by atoms with Gasteiger partial charge in [-0.15, -0.1) is 0 Å². The second-order valence-corrected chi connectivity index (χ2v) is 5.02. The normalized spacial score (nSPS) is 20.8. The van der Waals surface area contributed by atoms with Crippen LogP contribution in [0.15, 0.2) is 0 Å². The SMILES string of the molecule is CCC1(CNCC(C)CCCN)CC1. The quantitative estimate of drug-likeness (QED) is 0.627. The first-order valence-corrected chi connectivity index (χ1v) is 6.13. The van der Waals surface area contributed by atoms with Gasteiger partial charge in [0.15, 0.2) is 0 Å². The van der Waals surface area contributed by atoms with E-state index in [4.69, 9.17) is 5.73 Å². The van der Waals surface area contributed by atoms with E-state index in [1.54, 1.807) is 0 Å². The van der Waals surface area contributed by atoms with Gasteiger partial charge >= 0.3 is 0 Å². The Kier molecular flexibility index (Phi) is 4.90. The van der Waals surface area contributed by atoms with Crippen molar-refractivity contribution < 1.29 is 0 Å². The van der Waals surface area contributed by atoms with Gasteiger partial charge in [-0.1, -0.05) is 13.8 Å². The van der Waals surface area contributed by atoms with Crippen molar-refractivity contribution in [3.8, 4) is 0 Å². The lowest BCUT2D eigenvalue weighted by Crippen LogP contribution is -2.28. The Morgan fingerprint density at radius 3 is 2.64 bits per heavy atom. The minimum absolute atomic E-state index is 0.688. The van der Waals surface area contributed by atoms with Crippen molar-refractivity contribution >= 4 is 0 Å². The number of rotatable bonds is 8. The summed E-state index contributed by atoms with van der Waals surface area (Å²) in [7, 11) is 0. The summed E-state index contributed by atoms with van der Waals surface area (Å²) in [5.74, 6) is 0.784. The summed E-state index contributed by atoms with van der Waals surface area (Å²) in [5.41, 5.74) is 6.17. The smallest absolute Gasteiger partial charge is 0.000782 e. The van der Waals surface area contributed by atoms with Gasteiger partial charge in [0.1, 0.15) is 0 Å². The number of hydrogen-bond donors (Lipinski definition) is 2. The summed E-state index contributed by atoms with van der Waals surface area (Å²) in [4.78, 5) is 0.